The Kier molecular flexibility index (Phi) is 16.6. The molecule has 0 atom stereocenters. The molecule has 0 aliphatic carbocycles. The summed E-state index contributed by atoms with van der Waals surface area (Å²) < 4.78 is 0. The highest BCUT2D eigenvalue weighted by Gasteiger charge is 2.08. The summed E-state index contributed by atoms with van der Waals surface area (Å²) in [5.74, 6) is 2.16. The van der Waals surface area contributed by atoms with E-state index in [9.17, 15) is 0 Å². The average Bonchev–Trinajstić information content (AvgIpc) is 3.43. The molecular formula is C67H57N3. The van der Waals surface area contributed by atoms with Gasteiger partial charge in [0.2, 0.25) is 0 Å². The standard InChI is InChI=1S/2C19H16.C16H13N3.C13H12/c1-15-12-18(16-8-4-2-5-9-16)14-19(13-15)17-10-6-3-7-11-17;1-15-7-9-17(10-8-15)19-13-11-18(12-14-19)16-5-3-2-4-6-16;1-12-17-15(13-8-4-2-5-9-13)19-16(18-12)14-10-6-3-7-11-14;1-11-7-9-13(10-8-11)12-5-3-2-4-6-12/h2*2-14H,1H3;2-11H,1H3;2-10H,1H3. The minimum atomic E-state index is 0.715. The van der Waals surface area contributed by atoms with Crippen molar-refractivity contribution in [1.82, 2.24) is 15.0 Å². The van der Waals surface area contributed by atoms with Crippen molar-refractivity contribution in [2.45, 2.75) is 27.7 Å². The van der Waals surface area contributed by atoms with Crippen LogP contribution in [0.4, 0.5) is 0 Å². The van der Waals surface area contributed by atoms with E-state index in [1.165, 1.54) is 72.3 Å². The van der Waals surface area contributed by atoms with Gasteiger partial charge in [0.1, 0.15) is 5.82 Å². The summed E-state index contributed by atoms with van der Waals surface area (Å²) in [4.78, 5) is 13.4. The van der Waals surface area contributed by atoms with E-state index in [0.717, 1.165) is 17.0 Å². The molecule has 0 radical (unpaired) electrons. The highest BCUT2D eigenvalue weighted by atomic mass is 15.0. The van der Waals surface area contributed by atoms with Gasteiger partial charge in [-0.25, -0.2) is 15.0 Å². The molecule has 0 amide bonds. The van der Waals surface area contributed by atoms with Crippen LogP contribution >= 0.6 is 0 Å². The fourth-order valence-corrected chi connectivity index (χ4v) is 7.90. The first-order valence-corrected chi connectivity index (χ1v) is 23.8. The quantitative estimate of drug-likeness (QED) is 0.160. The Morgan fingerprint density at radius 1 is 0.186 bits per heavy atom. The van der Waals surface area contributed by atoms with Gasteiger partial charge in [-0.3, -0.25) is 0 Å². The molecule has 0 bridgehead atoms. The van der Waals surface area contributed by atoms with Gasteiger partial charge < -0.3 is 0 Å². The monoisotopic (exact) mass is 903 g/mol. The molecule has 10 aromatic carbocycles. The van der Waals surface area contributed by atoms with Crippen molar-refractivity contribution in [3.63, 3.8) is 0 Å². The second-order valence-corrected chi connectivity index (χ2v) is 17.1. The molecule has 0 spiro atoms. The molecule has 0 aliphatic heterocycles. The summed E-state index contributed by atoms with van der Waals surface area (Å²) >= 11 is 0. The molecule has 1 aromatic heterocycles. The molecule has 0 N–H and O–H groups in total. The van der Waals surface area contributed by atoms with Gasteiger partial charge in [0, 0.05) is 11.1 Å². The van der Waals surface area contributed by atoms with Gasteiger partial charge in [-0.05, 0) is 95.0 Å². The van der Waals surface area contributed by atoms with Crippen molar-refractivity contribution in [2.24, 2.45) is 0 Å². The number of benzene rings is 10. The minimum Gasteiger partial charge on any atom is -0.213 e. The zero-order chi connectivity index (χ0) is 48.3. The number of aryl methyl sites for hydroxylation is 4. The summed E-state index contributed by atoms with van der Waals surface area (Å²) in [5.41, 5.74) is 18.6. The molecule has 0 unspecified atom stereocenters. The second kappa shape index (κ2) is 24.3. The third-order valence-corrected chi connectivity index (χ3v) is 11.6. The van der Waals surface area contributed by atoms with Crippen LogP contribution in [0.3, 0.4) is 0 Å². The Labute approximate surface area is 414 Å². The van der Waals surface area contributed by atoms with Crippen molar-refractivity contribution in [3.05, 3.63) is 296 Å². The van der Waals surface area contributed by atoms with Crippen molar-refractivity contribution < 1.29 is 0 Å². The van der Waals surface area contributed by atoms with Gasteiger partial charge in [0.15, 0.2) is 11.6 Å². The maximum Gasteiger partial charge on any atom is 0.163 e. The van der Waals surface area contributed by atoms with E-state index in [4.69, 9.17) is 0 Å². The normalized spacial score (nSPS) is 10.3. The van der Waals surface area contributed by atoms with Gasteiger partial charge in [-0.15, -0.1) is 0 Å². The van der Waals surface area contributed by atoms with E-state index in [1.54, 1.807) is 0 Å². The Morgan fingerprint density at radius 2 is 0.414 bits per heavy atom. The topological polar surface area (TPSA) is 38.7 Å². The molecule has 0 fully saturated rings. The molecule has 340 valence electrons. The highest BCUT2D eigenvalue weighted by molar-refractivity contribution is 5.74. The largest absolute Gasteiger partial charge is 0.213 e. The molecule has 1 heterocycles. The van der Waals surface area contributed by atoms with Crippen LogP contribution in [-0.4, -0.2) is 15.0 Å². The Balaban J connectivity index is 0.000000127. The summed E-state index contributed by atoms with van der Waals surface area (Å²) in [6.45, 7) is 8.26. The van der Waals surface area contributed by atoms with Crippen molar-refractivity contribution in [3.8, 4) is 78.4 Å². The number of rotatable bonds is 7. The highest BCUT2D eigenvalue weighted by Crippen LogP contribution is 2.29. The van der Waals surface area contributed by atoms with Crippen LogP contribution in [0.15, 0.2) is 273 Å². The molecule has 0 aliphatic rings. The number of hydrogen-bond acceptors (Lipinski definition) is 3. The lowest BCUT2D eigenvalue weighted by molar-refractivity contribution is 0.992. The first kappa shape index (κ1) is 47.7. The van der Waals surface area contributed by atoms with Crippen LogP contribution in [-0.2, 0) is 0 Å². The lowest BCUT2D eigenvalue weighted by atomic mass is 9.97. The fraction of sp³-hybridized carbons (Fsp3) is 0.0597. The van der Waals surface area contributed by atoms with Crippen molar-refractivity contribution in [1.29, 1.82) is 0 Å². The lowest BCUT2D eigenvalue weighted by Gasteiger charge is -2.08. The number of hydrogen-bond donors (Lipinski definition) is 0. The SMILES string of the molecule is Cc1cc(-c2ccccc2)cc(-c2ccccc2)c1.Cc1ccc(-c2ccc(-c3ccccc3)cc2)cc1.Cc1ccc(-c2ccccc2)cc1.Cc1nc(-c2ccccc2)nc(-c2ccccc2)n1. The summed E-state index contributed by atoms with van der Waals surface area (Å²) in [5, 5.41) is 0. The van der Waals surface area contributed by atoms with Crippen LogP contribution in [0.2, 0.25) is 0 Å². The van der Waals surface area contributed by atoms with E-state index in [0.29, 0.717) is 11.6 Å². The fourth-order valence-electron chi connectivity index (χ4n) is 7.90. The minimum absolute atomic E-state index is 0.715. The van der Waals surface area contributed by atoms with E-state index >= 15 is 0 Å². The van der Waals surface area contributed by atoms with Gasteiger partial charge in [0.25, 0.3) is 0 Å². The third-order valence-electron chi connectivity index (χ3n) is 11.6. The van der Waals surface area contributed by atoms with Crippen LogP contribution in [0, 0.1) is 27.7 Å². The van der Waals surface area contributed by atoms with Crippen LogP contribution < -0.4 is 0 Å². The van der Waals surface area contributed by atoms with Gasteiger partial charge in [-0.1, -0.05) is 278 Å². The first-order valence-electron chi connectivity index (χ1n) is 23.8. The summed E-state index contributed by atoms with van der Waals surface area (Å²) in [7, 11) is 0. The smallest absolute Gasteiger partial charge is 0.163 e. The van der Waals surface area contributed by atoms with Crippen LogP contribution in [0.1, 0.15) is 22.5 Å². The molecule has 3 nitrogen and oxygen atoms in total. The summed E-state index contributed by atoms with van der Waals surface area (Å²) in [6, 6.07) is 94.6. The van der Waals surface area contributed by atoms with Crippen LogP contribution in [0.5, 0.6) is 0 Å². The molecule has 0 saturated heterocycles. The predicted molar refractivity (Wildman–Crippen MR) is 296 cm³/mol. The maximum absolute atomic E-state index is 4.55. The van der Waals surface area contributed by atoms with Gasteiger partial charge in [0.05, 0.1) is 0 Å². The molecule has 11 aromatic rings. The molecule has 70 heavy (non-hydrogen) atoms. The summed E-state index contributed by atoms with van der Waals surface area (Å²) in [6.07, 6.45) is 0. The number of aromatic nitrogens is 3. The van der Waals surface area contributed by atoms with E-state index in [1.807, 2.05) is 79.7 Å². The third kappa shape index (κ3) is 13.7. The first-order chi connectivity index (χ1) is 34.3. The van der Waals surface area contributed by atoms with Crippen LogP contribution in [0.25, 0.3) is 78.4 Å². The van der Waals surface area contributed by atoms with Gasteiger partial charge >= 0.3 is 0 Å². The number of nitrogens with zero attached hydrogens (tertiary/aromatic N) is 3. The van der Waals surface area contributed by atoms with Crippen molar-refractivity contribution >= 4 is 0 Å². The molecular weight excluding hydrogens is 847 g/mol. The van der Waals surface area contributed by atoms with E-state index in [2.05, 4.69) is 236 Å². The Morgan fingerprint density at radius 3 is 0.700 bits per heavy atom. The molecule has 0 saturated carbocycles. The second-order valence-electron chi connectivity index (χ2n) is 17.1. The molecule has 3 heteroatoms. The maximum atomic E-state index is 4.55. The lowest BCUT2D eigenvalue weighted by Crippen LogP contribution is -1.99. The Bertz CT molecular complexity index is 3030. The Hall–Kier alpha value is -8.79. The van der Waals surface area contributed by atoms with E-state index in [-0.39, 0.29) is 0 Å². The predicted octanol–water partition coefficient (Wildman–Crippen LogP) is 17.8. The van der Waals surface area contributed by atoms with Crippen molar-refractivity contribution in [2.75, 3.05) is 0 Å². The molecule has 11 rings (SSSR count). The zero-order valence-corrected chi connectivity index (χ0v) is 40.3. The average molecular weight is 904 g/mol. The van der Waals surface area contributed by atoms with Gasteiger partial charge in [-0.2, -0.15) is 0 Å². The van der Waals surface area contributed by atoms with E-state index < -0.39 is 0 Å². The zero-order valence-electron chi connectivity index (χ0n) is 40.3.